The Hall–Kier alpha value is -10.7. The van der Waals surface area contributed by atoms with Crippen LogP contribution in [0.5, 0.6) is 0 Å². The minimum absolute atomic E-state index is 1.04. The summed E-state index contributed by atoms with van der Waals surface area (Å²) in [5.41, 5.74) is 19.8. The van der Waals surface area contributed by atoms with Gasteiger partial charge in [-0.1, -0.05) is 206 Å². The molecule has 0 spiro atoms. The third-order valence-electron chi connectivity index (χ3n) is 14.2. The van der Waals surface area contributed by atoms with Crippen LogP contribution in [-0.2, 0) is 0 Å². The fraction of sp³-hybridized carbons (Fsp3) is 0. The lowest BCUT2D eigenvalue weighted by Crippen LogP contribution is -2.13. The molecule has 0 unspecified atom stereocenters. The molecule has 0 radical (unpaired) electrons. The number of anilines is 12. The van der Waals surface area contributed by atoms with Crippen molar-refractivity contribution in [2.24, 2.45) is 0 Å². The average Bonchev–Trinajstić information content (AvgIpc) is 3.60. The number of rotatable bonds is 17. The zero-order chi connectivity index (χ0) is 53.7. The van der Waals surface area contributed by atoms with E-state index in [1.807, 2.05) is 12.1 Å². The predicted molar refractivity (Wildman–Crippen MR) is 341 cm³/mol. The normalized spacial score (nSPS) is 11.2. The van der Waals surface area contributed by atoms with Gasteiger partial charge in [-0.25, -0.2) is 0 Å². The molecule has 0 amide bonds. The van der Waals surface area contributed by atoms with Gasteiger partial charge >= 0.3 is 0 Å². The third-order valence-corrected chi connectivity index (χ3v) is 14.2. The van der Waals surface area contributed by atoms with Gasteiger partial charge < -0.3 is 19.6 Å². The van der Waals surface area contributed by atoms with E-state index in [1.54, 1.807) is 0 Å². The maximum atomic E-state index is 2.35. The summed E-state index contributed by atoms with van der Waals surface area (Å²) < 4.78 is 0. The second-order valence-electron chi connectivity index (χ2n) is 19.5. The van der Waals surface area contributed by atoms with Gasteiger partial charge in [0.2, 0.25) is 0 Å². The second kappa shape index (κ2) is 24.1. The first-order valence-corrected chi connectivity index (χ1v) is 27.1. The van der Waals surface area contributed by atoms with Gasteiger partial charge in [0.05, 0.1) is 0 Å². The van der Waals surface area contributed by atoms with E-state index in [2.05, 4.69) is 359 Å². The van der Waals surface area contributed by atoms with Crippen LogP contribution in [0.25, 0.3) is 35.4 Å². The number of para-hydroxylation sites is 4. The lowest BCUT2D eigenvalue weighted by Gasteiger charge is -2.29. The topological polar surface area (TPSA) is 13.0 Å². The summed E-state index contributed by atoms with van der Waals surface area (Å²) in [7, 11) is 0. The first kappa shape index (κ1) is 50.2. The van der Waals surface area contributed by atoms with Crippen molar-refractivity contribution in [3.05, 3.63) is 350 Å². The predicted octanol–water partition coefficient (Wildman–Crippen LogP) is 21.6. The van der Waals surface area contributed by atoms with Crippen molar-refractivity contribution in [1.82, 2.24) is 0 Å². The molecule has 0 bridgehead atoms. The van der Waals surface area contributed by atoms with Gasteiger partial charge in [-0.05, 0) is 179 Å². The molecular weight excluding hydrogens is 969 g/mol. The molecule has 0 aromatic heterocycles. The highest BCUT2D eigenvalue weighted by Crippen LogP contribution is 2.43. The second-order valence-corrected chi connectivity index (χ2v) is 19.5. The molecule has 0 aliphatic rings. The van der Waals surface area contributed by atoms with Crippen LogP contribution < -0.4 is 19.6 Å². The molecule has 382 valence electrons. The molecule has 4 heteroatoms. The minimum atomic E-state index is 1.04. The Kier molecular flexibility index (Phi) is 15.1. The maximum Gasteiger partial charge on any atom is 0.0463 e. The molecule has 0 aliphatic carbocycles. The van der Waals surface area contributed by atoms with Crippen LogP contribution in [0, 0.1) is 0 Å². The molecule has 0 N–H and O–H groups in total. The van der Waals surface area contributed by atoms with Gasteiger partial charge in [0.1, 0.15) is 0 Å². The van der Waals surface area contributed by atoms with Crippen LogP contribution in [0.3, 0.4) is 0 Å². The Morgan fingerprint density at radius 1 is 0.138 bits per heavy atom. The minimum Gasteiger partial charge on any atom is -0.311 e. The van der Waals surface area contributed by atoms with Crippen LogP contribution >= 0.6 is 0 Å². The van der Waals surface area contributed by atoms with Crippen molar-refractivity contribution in [3.8, 4) is 11.1 Å². The van der Waals surface area contributed by atoms with E-state index in [4.69, 9.17) is 0 Å². The molecular formula is C76H58N4. The van der Waals surface area contributed by atoms with Crippen molar-refractivity contribution >= 4 is 92.6 Å². The molecule has 12 aromatic carbocycles. The number of hydrogen-bond donors (Lipinski definition) is 0. The summed E-state index contributed by atoms with van der Waals surface area (Å²) in [5.74, 6) is 0. The van der Waals surface area contributed by atoms with Crippen molar-refractivity contribution in [2.75, 3.05) is 19.6 Å². The fourth-order valence-corrected chi connectivity index (χ4v) is 10.2. The van der Waals surface area contributed by atoms with Gasteiger partial charge in [0.15, 0.2) is 0 Å². The summed E-state index contributed by atoms with van der Waals surface area (Å²) in [6, 6.07) is 116. The zero-order valence-corrected chi connectivity index (χ0v) is 44.3. The number of nitrogens with zero attached hydrogens (tertiary/aromatic N) is 4. The number of benzene rings is 12. The van der Waals surface area contributed by atoms with Crippen LogP contribution in [-0.4, -0.2) is 0 Å². The van der Waals surface area contributed by atoms with E-state index in [0.717, 1.165) is 90.5 Å². The average molecular weight is 1030 g/mol. The highest BCUT2D eigenvalue weighted by Gasteiger charge is 2.19. The van der Waals surface area contributed by atoms with Crippen LogP contribution in [0.4, 0.5) is 68.2 Å². The van der Waals surface area contributed by atoms with Crippen molar-refractivity contribution in [1.29, 1.82) is 0 Å². The quantitative estimate of drug-likeness (QED) is 0.0843. The number of hydrogen-bond acceptors (Lipinski definition) is 4. The Bertz CT molecular complexity index is 3690. The summed E-state index contributed by atoms with van der Waals surface area (Å²) in [4.78, 5) is 9.27. The molecule has 0 saturated carbocycles. The van der Waals surface area contributed by atoms with Gasteiger partial charge in [0.25, 0.3) is 0 Å². The molecule has 4 nitrogen and oxygen atoms in total. The molecule has 0 heterocycles. The van der Waals surface area contributed by atoms with E-state index in [9.17, 15) is 0 Å². The molecule has 0 saturated heterocycles. The molecule has 0 atom stereocenters. The Morgan fingerprint density at radius 2 is 0.287 bits per heavy atom. The van der Waals surface area contributed by atoms with Gasteiger partial charge in [-0.15, -0.1) is 0 Å². The SMILES string of the molecule is C(=C\c1ccc(N(c2ccccc2)c2ccc(N(c3ccc(-c4ccc(N(c5ccccc5)c5ccccc5)cc4)cc3)c3ccc(N(c4ccccc4)c4ccc(/C=C/c5ccccc5)cc4)cc3)cc2)cc1)/c1ccccc1. The van der Waals surface area contributed by atoms with E-state index >= 15 is 0 Å². The largest absolute Gasteiger partial charge is 0.311 e. The van der Waals surface area contributed by atoms with E-state index in [0.29, 0.717) is 0 Å². The smallest absolute Gasteiger partial charge is 0.0463 e. The van der Waals surface area contributed by atoms with E-state index in [1.165, 1.54) is 11.1 Å². The Balaban J connectivity index is 0.883. The lowest BCUT2D eigenvalue weighted by molar-refractivity contribution is 1.24. The Labute approximate surface area is 470 Å². The molecule has 0 aliphatic heterocycles. The van der Waals surface area contributed by atoms with Crippen LogP contribution in [0.2, 0.25) is 0 Å². The first-order chi connectivity index (χ1) is 39.7. The van der Waals surface area contributed by atoms with Gasteiger partial charge in [-0.2, -0.15) is 0 Å². The summed E-state index contributed by atoms with van der Waals surface area (Å²) in [6.07, 6.45) is 8.64. The van der Waals surface area contributed by atoms with Crippen LogP contribution in [0.1, 0.15) is 22.3 Å². The molecule has 80 heavy (non-hydrogen) atoms. The van der Waals surface area contributed by atoms with Gasteiger partial charge in [-0.3, -0.25) is 0 Å². The summed E-state index contributed by atoms with van der Waals surface area (Å²) in [6.45, 7) is 0. The van der Waals surface area contributed by atoms with E-state index < -0.39 is 0 Å². The lowest BCUT2D eigenvalue weighted by atomic mass is 10.0. The monoisotopic (exact) mass is 1030 g/mol. The standard InChI is InChI=1S/C76H58N4/c1-7-19-59(20-8-1)31-33-61-35-43-69(44-36-61)78(67-27-15-5-16-28-67)73-51-55-75(56-52-73)80(72-49-41-64(42-50-72)63-39-47-71(48-40-63)77(65-23-11-3-12-24-65)66-25-13-4-14-26-66)76-57-53-74(54-58-76)79(68-29-17-6-18-30-68)70-45-37-62(38-46-70)34-32-60-21-9-2-10-22-60/h1-58H/b33-31+,34-32+. The Morgan fingerprint density at radius 3 is 0.500 bits per heavy atom. The highest BCUT2D eigenvalue weighted by molar-refractivity contribution is 5.86. The molecule has 12 rings (SSSR count). The maximum absolute atomic E-state index is 2.35. The summed E-state index contributed by atoms with van der Waals surface area (Å²) in [5, 5.41) is 0. The van der Waals surface area contributed by atoms with Crippen LogP contribution in [0.15, 0.2) is 328 Å². The first-order valence-electron chi connectivity index (χ1n) is 27.1. The zero-order valence-electron chi connectivity index (χ0n) is 44.3. The van der Waals surface area contributed by atoms with Crippen molar-refractivity contribution in [3.63, 3.8) is 0 Å². The molecule has 0 fully saturated rings. The highest BCUT2D eigenvalue weighted by atomic mass is 15.2. The van der Waals surface area contributed by atoms with E-state index in [-0.39, 0.29) is 0 Å². The van der Waals surface area contributed by atoms with Crippen molar-refractivity contribution < 1.29 is 0 Å². The fourth-order valence-electron chi connectivity index (χ4n) is 10.2. The van der Waals surface area contributed by atoms with Crippen molar-refractivity contribution in [2.45, 2.75) is 0 Å². The third kappa shape index (κ3) is 11.7. The van der Waals surface area contributed by atoms with Gasteiger partial charge in [0, 0.05) is 68.2 Å². The summed E-state index contributed by atoms with van der Waals surface area (Å²) >= 11 is 0. The molecule has 12 aromatic rings.